The Hall–Kier alpha value is -0.880. The van der Waals surface area contributed by atoms with Crippen LogP contribution in [0.25, 0.3) is 0 Å². The van der Waals surface area contributed by atoms with E-state index in [1.165, 1.54) is 11.3 Å². The van der Waals surface area contributed by atoms with E-state index in [0.29, 0.717) is 11.3 Å². The molecule has 1 aromatic rings. The SMILES string of the molecule is C[C@H]1CC[C@H](C)N1C(=O)c1cc2c(s1)CCS(=O)(=O)C2. The third-order valence-corrected chi connectivity index (χ3v) is 7.11. The number of nitrogens with zero attached hydrogens (tertiary/aromatic N) is 1. The van der Waals surface area contributed by atoms with Gasteiger partial charge in [-0.2, -0.15) is 0 Å². The summed E-state index contributed by atoms with van der Waals surface area (Å²) in [6.45, 7) is 4.17. The fraction of sp³-hybridized carbons (Fsp3) is 0.643. The molecule has 110 valence electrons. The third-order valence-electron chi connectivity index (χ3n) is 4.31. The number of fused-ring (bicyclic) bond motifs is 1. The first-order valence-corrected chi connectivity index (χ1v) is 9.66. The minimum Gasteiger partial charge on any atom is -0.333 e. The molecule has 0 radical (unpaired) electrons. The molecule has 1 aromatic heterocycles. The van der Waals surface area contributed by atoms with Crippen LogP contribution in [0.3, 0.4) is 0 Å². The van der Waals surface area contributed by atoms with Gasteiger partial charge in [0, 0.05) is 17.0 Å². The van der Waals surface area contributed by atoms with Gasteiger partial charge in [0.05, 0.1) is 16.4 Å². The van der Waals surface area contributed by atoms with Crippen LogP contribution in [0, 0.1) is 0 Å². The number of likely N-dealkylation sites (tertiary alicyclic amines) is 1. The molecular weight excluding hydrogens is 294 g/mol. The first-order chi connectivity index (χ1) is 9.37. The van der Waals surface area contributed by atoms with E-state index in [-0.39, 0.29) is 29.5 Å². The maximum absolute atomic E-state index is 12.6. The highest BCUT2D eigenvalue weighted by atomic mass is 32.2. The highest BCUT2D eigenvalue weighted by Gasteiger charge is 2.34. The average Bonchev–Trinajstić information content (AvgIpc) is 2.91. The molecule has 0 N–H and O–H groups in total. The Morgan fingerprint density at radius 3 is 2.60 bits per heavy atom. The van der Waals surface area contributed by atoms with E-state index in [2.05, 4.69) is 13.8 Å². The van der Waals surface area contributed by atoms with Crippen LogP contribution >= 0.6 is 11.3 Å². The van der Waals surface area contributed by atoms with Crippen molar-refractivity contribution in [1.82, 2.24) is 4.90 Å². The van der Waals surface area contributed by atoms with Gasteiger partial charge in [0.15, 0.2) is 9.84 Å². The summed E-state index contributed by atoms with van der Waals surface area (Å²) in [5.41, 5.74) is 0.837. The van der Waals surface area contributed by atoms with Crippen molar-refractivity contribution in [2.45, 2.75) is 50.9 Å². The van der Waals surface area contributed by atoms with Crippen molar-refractivity contribution >= 4 is 27.1 Å². The number of amides is 1. The summed E-state index contributed by atoms with van der Waals surface area (Å²) in [5.74, 6) is 0.376. The molecule has 1 amide bonds. The quantitative estimate of drug-likeness (QED) is 0.799. The van der Waals surface area contributed by atoms with Crippen molar-refractivity contribution in [2.75, 3.05) is 5.75 Å². The maximum Gasteiger partial charge on any atom is 0.264 e. The number of carbonyl (C=O) groups excluding carboxylic acids is 1. The Balaban J connectivity index is 1.89. The number of carbonyl (C=O) groups is 1. The largest absolute Gasteiger partial charge is 0.333 e. The number of rotatable bonds is 1. The topological polar surface area (TPSA) is 54.5 Å². The van der Waals surface area contributed by atoms with Gasteiger partial charge in [-0.05, 0) is 44.7 Å². The van der Waals surface area contributed by atoms with Gasteiger partial charge >= 0.3 is 0 Å². The lowest BCUT2D eigenvalue weighted by Crippen LogP contribution is -2.38. The summed E-state index contributed by atoms with van der Waals surface area (Å²) in [4.78, 5) is 16.4. The molecule has 0 aliphatic carbocycles. The molecule has 0 spiro atoms. The van der Waals surface area contributed by atoms with Crippen molar-refractivity contribution in [1.29, 1.82) is 0 Å². The molecule has 2 atom stereocenters. The zero-order chi connectivity index (χ0) is 14.5. The van der Waals surface area contributed by atoms with Gasteiger partial charge in [0.2, 0.25) is 0 Å². The Morgan fingerprint density at radius 1 is 1.30 bits per heavy atom. The Kier molecular flexibility index (Phi) is 3.41. The molecule has 6 heteroatoms. The molecule has 4 nitrogen and oxygen atoms in total. The molecule has 0 saturated carbocycles. The summed E-state index contributed by atoms with van der Waals surface area (Å²) >= 11 is 1.48. The van der Waals surface area contributed by atoms with E-state index in [4.69, 9.17) is 0 Å². The van der Waals surface area contributed by atoms with Crippen LogP contribution in [0.15, 0.2) is 6.07 Å². The van der Waals surface area contributed by atoms with Gasteiger partial charge < -0.3 is 4.90 Å². The summed E-state index contributed by atoms with van der Waals surface area (Å²) in [6, 6.07) is 2.36. The lowest BCUT2D eigenvalue weighted by atomic mass is 10.2. The smallest absolute Gasteiger partial charge is 0.264 e. The normalized spacial score (nSPS) is 28.4. The number of thiophene rings is 1. The van der Waals surface area contributed by atoms with Crippen LogP contribution in [0.5, 0.6) is 0 Å². The monoisotopic (exact) mass is 313 g/mol. The van der Waals surface area contributed by atoms with Crippen LogP contribution in [-0.2, 0) is 22.0 Å². The fourth-order valence-corrected chi connectivity index (χ4v) is 5.92. The van der Waals surface area contributed by atoms with Crippen molar-refractivity contribution in [2.24, 2.45) is 0 Å². The van der Waals surface area contributed by atoms with E-state index >= 15 is 0 Å². The first-order valence-electron chi connectivity index (χ1n) is 7.02. The molecule has 0 bridgehead atoms. The minimum absolute atomic E-state index is 0.0688. The van der Waals surface area contributed by atoms with Gasteiger partial charge in [0.1, 0.15) is 0 Å². The van der Waals surface area contributed by atoms with E-state index in [1.54, 1.807) is 6.07 Å². The number of hydrogen-bond acceptors (Lipinski definition) is 4. The molecule has 3 rings (SSSR count). The van der Waals surface area contributed by atoms with Crippen molar-refractivity contribution in [3.05, 3.63) is 21.4 Å². The predicted molar refractivity (Wildman–Crippen MR) is 79.8 cm³/mol. The minimum atomic E-state index is -2.97. The van der Waals surface area contributed by atoms with Gasteiger partial charge in [-0.15, -0.1) is 11.3 Å². The van der Waals surface area contributed by atoms with Crippen LogP contribution in [0.2, 0.25) is 0 Å². The van der Waals surface area contributed by atoms with Gasteiger partial charge in [-0.3, -0.25) is 4.79 Å². The molecule has 0 aromatic carbocycles. The molecular formula is C14H19NO3S2. The summed E-state index contributed by atoms with van der Waals surface area (Å²) < 4.78 is 23.3. The Labute approximate surface area is 123 Å². The number of aryl methyl sites for hydroxylation is 1. The van der Waals surface area contributed by atoms with Crippen LogP contribution < -0.4 is 0 Å². The van der Waals surface area contributed by atoms with Crippen molar-refractivity contribution in [3.63, 3.8) is 0 Å². The van der Waals surface area contributed by atoms with Crippen molar-refractivity contribution in [3.8, 4) is 0 Å². The van der Waals surface area contributed by atoms with E-state index in [0.717, 1.165) is 23.3 Å². The fourth-order valence-electron chi connectivity index (χ4n) is 3.19. The molecule has 2 aliphatic heterocycles. The number of hydrogen-bond donors (Lipinski definition) is 0. The second-order valence-electron chi connectivity index (χ2n) is 5.89. The second kappa shape index (κ2) is 4.84. The van der Waals surface area contributed by atoms with Gasteiger partial charge in [-0.1, -0.05) is 0 Å². The van der Waals surface area contributed by atoms with E-state index in [1.807, 2.05) is 4.90 Å². The Bertz CT molecular complexity index is 637. The third kappa shape index (κ3) is 2.39. The lowest BCUT2D eigenvalue weighted by Gasteiger charge is -2.25. The molecule has 2 aliphatic rings. The van der Waals surface area contributed by atoms with Crippen LogP contribution in [-0.4, -0.2) is 37.1 Å². The van der Waals surface area contributed by atoms with E-state index < -0.39 is 9.84 Å². The second-order valence-corrected chi connectivity index (χ2v) is 9.21. The molecule has 1 fully saturated rings. The van der Waals surface area contributed by atoms with Crippen molar-refractivity contribution < 1.29 is 13.2 Å². The maximum atomic E-state index is 12.6. The zero-order valence-electron chi connectivity index (χ0n) is 11.8. The zero-order valence-corrected chi connectivity index (χ0v) is 13.4. The highest BCUT2D eigenvalue weighted by molar-refractivity contribution is 7.90. The van der Waals surface area contributed by atoms with Gasteiger partial charge in [-0.25, -0.2) is 8.42 Å². The lowest BCUT2D eigenvalue weighted by molar-refractivity contribution is 0.0698. The summed E-state index contributed by atoms with van der Waals surface area (Å²) in [7, 11) is -2.97. The summed E-state index contributed by atoms with van der Waals surface area (Å²) in [6.07, 6.45) is 2.65. The first kappa shape index (κ1) is 14.1. The molecule has 20 heavy (non-hydrogen) atoms. The van der Waals surface area contributed by atoms with Crippen LogP contribution in [0.1, 0.15) is 46.8 Å². The van der Waals surface area contributed by atoms with E-state index in [9.17, 15) is 13.2 Å². The number of sulfone groups is 1. The standard InChI is InChI=1S/C14H19NO3S2/c1-9-3-4-10(2)15(9)14(16)13-7-11-8-20(17,18)6-5-12(11)19-13/h7,9-10H,3-6,8H2,1-2H3/t9-,10-/m0/s1. The molecule has 0 unspecified atom stereocenters. The van der Waals surface area contributed by atoms with Crippen LogP contribution in [0.4, 0.5) is 0 Å². The Morgan fingerprint density at radius 2 is 1.95 bits per heavy atom. The average molecular weight is 313 g/mol. The molecule has 3 heterocycles. The van der Waals surface area contributed by atoms with Gasteiger partial charge in [0.25, 0.3) is 5.91 Å². The predicted octanol–water partition coefficient (Wildman–Crippen LogP) is 2.23. The molecule has 1 saturated heterocycles. The summed E-state index contributed by atoms with van der Waals surface area (Å²) in [5, 5.41) is 0. The highest BCUT2D eigenvalue weighted by Crippen LogP contribution is 2.32.